The molecular formula is C20H33N. The Balaban J connectivity index is 1.64. The van der Waals surface area contributed by atoms with Gasteiger partial charge in [0.25, 0.3) is 0 Å². The molecule has 0 aromatic carbocycles. The maximum Gasteiger partial charge on any atom is 0.0689 e. The maximum atomic E-state index is 9.51. The highest BCUT2D eigenvalue weighted by molar-refractivity contribution is 5.06. The molecule has 0 saturated heterocycles. The number of nitriles is 1. The van der Waals surface area contributed by atoms with E-state index in [4.69, 9.17) is 0 Å². The van der Waals surface area contributed by atoms with Crippen LogP contribution in [0.15, 0.2) is 0 Å². The van der Waals surface area contributed by atoms with Crippen LogP contribution in [0.25, 0.3) is 0 Å². The second kappa shape index (κ2) is 5.60. The van der Waals surface area contributed by atoms with Gasteiger partial charge in [-0.15, -0.1) is 0 Å². The largest absolute Gasteiger partial charge is 0.198 e. The van der Waals surface area contributed by atoms with Crippen LogP contribution < -0.4 is 0 Å². The third-order valence-electron chi connectivity index (χ3n) is 7.96. The van der Waals surface area contributed by atoms with Gasteiger partial charge in [0.15, 0.2) is 0 Å². The van der Waals surface area contributed by atoms with E-state index < -0.39 is 0 Å². The molecule has 4 aliphatic rings. The van der Waals surface area contributed by atoms with Crippen LogP contribution in [0.3, 0.4) is 0 Å². The average Bonchev–Trinajstić information content (AvgIpc) is 2.57. The van der Waals surface area contributed by atoms with Crippen molar-refractivity contribution in [3.05, 3.63) is 0 Å². The Hall–Kier alpha value is -0.510. The van der Waals surface area contributed by atoms with Crippen LogP contribution in [0.1, 0.15) is 97.3 Å². The standard InChI is InChI=1S/C20H33N/c1-3-7-19-10-13-20(14-11-19,15-12-19)17-5-8-18(4-2,16-21)9-6-17/h17H,3-15H2,1-2H3. The first-order valence-corrected chi connectivity index (χ1v) is 9.53. The summed E-state index contributed by atoms with van der Waals surface area (Å²) in [7, 11) is 0. The second-order valence-electron chi connectivity index (χ2n) is 8.63. The lowest BCUT2D eigenvalue weighted by atomic mass is 9.47. The minimum Gasteiger partial charge on any atom is -0.198 e. The first-order chi connectivity index (χ1) is 10.1. The van der Waals surface area contributed by atoms with Crippen LogP contribution in [-0.4, -0.2) is 0 Å². The van der Waals surface area contributed by atoms with E-state index >= 15 is 0 Å². The van der Waals surface area contributed by atoms with Gasteiger partial charge in [-0.2, -0.15) is 5.26 Å². The van der Waals surface area contributed by atoms with Gasteiger partial charge >= 0.3 is 0 Å². The Labute approximate surface area is 131 Å². The van der Waals surface area contributed by atoms with Crippen molar-refractivity contribution < 1.29 is 0 Å². The summed E-state index contributed by atoms with van der Waals surface area (Å²) in [5, 5.41) is 9.51. The molecule has 2 bridgehead atoms. The molecule has 4 aliphatic carbocycles. The van der Waals surface area contributed by atoms with Crippen molar-refractivity contribution in [2.24, 2.45) is 22.2 Å². The first kappa shape index (κ1) is 15.4. The zero-order chi connectivity index (χ0) is 15.0. The number of rotatable bonds is 4. The Morgan fingerprint density at radius 2 is 1.48 bits per heavy atom. The third kappa shape index (κ3) is 2.54. The van der Waals surface area contributed by atoms with E-state index in [2.05, 4.69) is 19.9 Å². The predicted molar refractivity (Wildman–Crippen MR) is 87.8 cm³/mol. The molecule has 0 atom stereocenters. The molecule has 1 nitrogen and oxygen atoms in total. The quantitative estimate of drug-likeness (QED) is 0.600. The highest BCUT2D eigenvalue weighted by atomic mass is 14.6. The monoisotopic (exact) mass is 287 g/mol. The van der Waals surface area contributed by atoms with E-state index in [0.29, 0.717) is 5.41 Å². The van der Waals surface area contributed by atoms with Crippen molar-refractivity contribution in [3.8, 4) is 6.07 Å². The molecule has 0 unspecified atom stereocenters. The van der Waals surface area contributed by atoms with Gasteiger partial charge in [0.05, 0.1) is 11.5 Å². The van der Waals surface area contributed by atoms with E-state index in [1.54, 1.807) is 0 Å². The third-order valence-corrected chi connectivity index (χ3v) is 7.96. The van der Waals surface area contributed by atoms with Crippen molar-refractivity contribution in [1.29, 1.82) is 5.26 Å². The Morgan fingerprint density at radius 3 is 1.90 bits per heavy atom. The van der Waals surface area contributed by atoms with E-state index in [1.165, 1.54) is 77.0 Å². The zero-order valence-electron chi connectivity index (χ0n) is 14.2. The fraction of sp³-hybridized carbons (Fsp3) is 0.950. The van der Waals surface area contributed by atoms with Crippen molar-refractivity contribution in [1.82, 2.24) is 0 Å². The molecule has 0 amide bonds. The summed E-state index contributed by atoms with van der Waals surface area (Å²) in [6, 6.07) is 2.65. The Bertz CT molecular complexity index is 384. The Kier molecular flexibility index (Phi) is 4.10. The van der Waals surface area contributed by atoms with Gasteiger partial charge in [-0.25, -0.2) is 0 Å². The lowest BCUT2D eigenvalue weighted by Crippen LogP contribution is -2.47. The lowest BCUT2D eigenvalue weighted by molar-refractivity contribution is -0.0681. The van der Waals surface area contributed by atoms with Gasteiger partial charge in [0.1, 0.15) is 0 Å². The smallest absolute Gasteiger partial charge is 0.0689 e. The summed E-state index contributed by atoms with van der Waals surface area (Å²) < 4.78 is 0. The van der Waals surface area contributed by atoms with Crippen molar-refractivity contribution in [2.45, 2.75) is 97.3 Å². The van der Waals surface area contributed by atoms with Crippen molar-refractivity contribution in [2.75, 3.05) is 0 Å². The summed E-state index contributed by atoms with van der Waals surface area (Å²) in [4.78, 5) is 0. The van der Waals surface area contributed by atoms with E-state index in [9.17, 15) is 5.26 Å². The summed E-state index contributed by atoms with van der Waals surface area (Å²) in [6.07, 6.45) is 18.0. The first-order valence-electron chi connectivity index (χ1n) is 9.53. The molecule has 0 spiro atoms. The SMILES string of the molecule is CCCC12CCC(C3CCC(C#N)(CC)CC3)(CC1)CC2. The molecule has 0 aliphatic heterocycles. The molecule has 1 heteroatoms. The maximum absolute atomic E-state index is 9.51. The van der Waals surface area contributed by atoms with E-state index in [-0.39, 0.29) is 5.41 Å². The topological polar surface area (TPSA) is 23.8 Å². The molecule has 0 aromatic rings. The molecule has 118 valence electrons. The number of hydrogen-bond acceptors (Lipinski definition) is 1. The number of fused-ring (bicyclic) bond motifs is 3. The lowest BCUT2D eigenvalue weighted by Gasteiger charge is -2.58. The molecule has 4 rings (SSSR count). The van der Waals surface area contributed by atoms with Crippen molar-refractivity contribution >= 4 is 0 Å². The van der Waals surface area contributed by atoms with Gasteiger partial charge in [0, 0.05) is 0 Å². The fourth-order valence-electron chi connectivity index (χ4n) is 6.14. The van der Waals surface area contributed by atoms with Crippen LogP contribution in [0.5, 0.6) is 0 Å². The summed E-state index contributed by atoms with van der Waals surface area (Å²) in [5.74, 6) is 0.936. The zero-order valence-corrected chi connectivity index (χ0v) is 14.2. The summed E-state index contributed by atoms with van der Waals surface area (Å²) in [6.45, 7) is 4.57. The molecule has 0 aromatic heterocycles. The average molecular weight is 287 g/mol. The van der Waals surface area contributed by atoms with Gasteiger partial charge in [-0.3, -0.25) is 0 Å². The minimum absolute atomic E-state index is 0.0302. The Morgan fingerprint density at radius 1 is 0.905 bits per heavy atom. The molecule has 4 fully saturated rings. The summed E-state index contributed by atoms with van der Waals surface area (Å²) >= 11 is 0. The number of nitrogens with zero attached hydrogens (tertiary/aromatic N) is 1. The highest BCUT2D eigenvalue weighted by Crippen LogP contribution is 2.64. The molecule has 21 heavy (non-hydrogen) atoms. The normalized spacial score (nSPS) is 46.2. The van der Waals surface area contributed by atoms with Gasteiger partial charge in [-0.1, -0.05) is 20.3 Å². The molecular weight excluding hydrogens is 254 g/mol. The molecule has 0 heterocycles. The van der Waals surface area contributed by atoms with Crippen LogP contribution in [0.2, 0.25) is 0 Å². The summed E-state index contributed by atoms with van der Waals surface area (Å²) in [5.41, 5.74) is 1.46. The van der Waals surface area contributed by atoms with Gasteiger partial charge in [-0.05, 0) is 93.8 Å². The van der Waals surface area contributed by atoms with Gasteiger partial charge < -0.3 is 0 Å². The van der Waals surface area contributed by atoms with E-state index in [0.717, 1.165) is 17.8 Å². The highest BCUT2D eigenvalue weighted by Gasteiger charge is 2.52. The predicted octanol–water partition coefficient (Wildman–Crippen LogP) is 6.24. The second-order valence-corrected chi connectivity index (χ2v) is 8.63. The molecule has 0 N–H and O–H groups in total. The number of hydrogen-bond donors (Lipinski definition) is 0. The van der Waals surface area contributed by atoms with E-state index in [1.807, 2.05) is 0 Å². The molecule has 0 radical (unpaired) electrons. The van der Waals surface area contributed by atoms with Crippen LogP contribution in [0.4, 0.5) is 0 Å². The fourth-order valence-corrected chi connectivity index (χ4v) is 6.14. The molecule has 4 saturated carbocycles. The van der Waals surface area contributed by atoms with Crippen LogP contribution >= 0.6 is 0 Å². The van der Waals surface area contributed by atoms with Crippen LogP contribution in [0, 0.1) is 33.5 Å². The van der Waals surface area contributed by atoms with Crippen LogP contribution in [-0.2, 0) is 0 Å². The van der Waals surface area contributed by atoms with Crippen molar-refractivity contribution in [3.63, 3.8) is 0 Å². The minimum atomic E-state index is 0.0302. The van der Waals surface area contributed by atoms with Gasteiger partial charge in [0.2, 0.25) is 0 Å².